The molecule has 0 saturated carbocycles. The van der Waals surface area contributed by atoms with Crippen LogP contribution in [0.2, 0.25) is 0 Å². The molecule has 0 amide bonds. The van der Waals surface area contributed by atoms with Gasteiger partial charge in [-0.3, -0.25) is 4.57 Å². The van der Waals surface area contributed by atoms with Gasteiger partial charge in [-0.15, -0.1) is 0 Å². The Kier molecular flexibility index (Phi) is 12.9. The second-order valence-corrected chi connectivity index (χ2v) is 24.9. The molecular formula is C69H76N4O. The third-order valence-electron chi connectivity index (χ3n) is 15.3. The van der Waals surface area contributed by atoms with E-state index in [-0.39, 0.29) is 16.2 Å². The molecule has 0 unspecified atom stereocenters. The minimum absolute atomic E-state index is 0.0224. The van der Waals surface area contributed by atoms with Crippen LogP contribution in [0.4, 0.5) is 22.7 Å². The van der Waals surface area contributed by atoms with Crippen molar-refractivity contribution in [2.45, 2.75) is 138 Å². The molecule has 5 nitrogen and oxygen atoms in total. The van der Waals surface area contributed by atoms with Crippen molar-refractivity contribution in [3.63, 3.8) is 0 Å². The Bertz CT molecular complexity index is 3530. The van der Waals surface area contributed by atoms with Crippen molar-refractivity contribution < 1.29 is 4.74 Å². The molecule has 10 rings (SSSR count). The highest BCUT2D eigenvalue weighted by molar-refractivity contribution is 6.09. The van der Waals surface area contributed by atoms with Crippen LogP contribution in [0, 0.1) is 0 Å². The highest BCUT2D eigenvalue weighted by Gasteiger charge is 2.32. The maximum absolute atomic E-state index is 7.11. The van der Waals surface area contributed by atoms with E-state index in [1.807, 2.05) is 6.20 Å². The quantitative estimate of drug-likeness (QED) is 0.137. The van der Waals surface area contributed by atoms with Gasteiger partial charge in [0, 0.05) is 40.5 Å². The highest BCUT2D eigenvalue weighted by atomic mass is 16.5. The zero-order valence-corrected chi connectivity index (χ0v) is 46.6. The number of hydrogen-bond acceptors (Lipinski definition) is 4. The SMILES string of the molecule is CC(C)c1cc(C(C)C)c(-c2ccc3c(c2)N(c2cc(-c4ccccc4)cc(C(C)(C)C)c2)CN3c2cc(Oc3ccc4c5ccccc5n(-c5cc(C(C)(C)C)ccn5)c4c3)cc(C(C)(C)C)c2)c(C(C)C)c1. The number of para-hydroxylation sites is 1. The van der Waals surface area contributed by atoms with Gasteiger partial charge in [0.1, 0.15) is 24.0 Å². The summed E-state index contributed by atoms with van der Waals surface area (Å²) in [6.07, 6.45) is 1.94. The fourth-order valence-electron chi connectivity index (χ4n) is 10.8. The number of fused-ring (bicyclic) bond motifs is 4. The van der Waals surface area contributed by atoms with Gasteiger partial charge in [-0.05, 0) is 156 Å². The number of benzene rings is 7. The molecule has 0 fully saturated rings. The fourth-order valence-corrected chi connectivity index (χ4v) is 10.8. The Balaban J connectivity index is 1.14. The summed E-state index contributed by atoms with van der Waals surface area (Å²) in [5.41, 5.74) is 19.6. The van der Waals surface area contributed by atoms with Crippen molar-refractivity contribution in [2.24, 2.45) is 0 Å². The van der Waals surface area contributed by atoms with Gasteiger partial charge in [0.25, 0.3) is 0 Å². The minimum atomic E-state index is -0.158. The van der Waals surface area contributed by atoms with E-state index in [1.165, 1.54) is 78.1 Å². The van der Waals surface area contributed by atoms with Crippen molar-refractivity contribution in [3.05, 3.63) is 191 Å². The van der Waals surface area contributed by atoms with Crippen molar-refractivity contribution in [2.75, 3.05) is 16.5 Å². The zero-order valence-electron chi connectivity index (χ0n) is 46.6. The number of anilines is 4. The van der Waals surface area contributed by atoms with E-state index in [0.717, 1.165) is 39.4 Å². The van der Waals surface area contributed by atoms with Crippen LogP contribution in [-0.2, 0) is 16.2 Å². The number of hydrogen-bond donors (Lipinski definition) is 0. The first-order valence-electron chi connectivity index (χ1n) is 27.0. The third-order valence-corrected chi connectivity index (χ3v) is 15.3. The van der Waals surface area contributed by atoms with Crippen molar-refractivity contribution in [1.82, 2.24) is 9.55 Å². The van der Waals surface area contributed by atoms with Crippen LogP contribution in [0.25, 0.3) is 49.9 Å². The van der Waals surface area contributed by atoms with Gasteiger partial charge in [-0.25, -0.2) is 4.98 Å². The second kappa shape index (κ2) is 19.0. The summed E-state index contributed by atoms with van der Waals surface area (Å²) < 4.78 is 9.40. The van der Waals surface area contributed by atoms with Crippen LogP contribution in [0.3, 0.4) is 0 Å². The summed E-state index contributed by atoms with van der Waals surface area (Å²) in [7, 11) is 0. The molecule has 0 aliphatic carbocycles. The molecule has 0 bridgehead atoms. The maximum Gasteiger partial charge on any atom is 0.137 e. The summed E-state index contributed by atoms with van der Waals surface area (Å²) in [6.45, 7) is 35.3. The molecule has 0 radical (unpaired) electrons. The normalized spacial score (nSPS) is 13.3. The average Bonchev–Trinajstić information content (AvgIpc) is 3.91. The molecule has 0 spiro atoms. The number of pyridine rings is 1. The second-order valence-electron chi connectivity index (χ2n) is 24.9. The monoisotopic (exact) mass is 977 g/mol. The molecular weight excluding hydrogens is 901 g/mol. The molecule has 3 heterocycles. The molecule has 1 aliphatic heterocycles. The van der Waals surface area contributed by atoms with E-state index in [4.69, 9.17) is 9.72 Å². The molecule has 5 heteroatoms. The lowest BCUT2D eigenvalue weighted by atomic mass is 9.81. The first-order chi connectivity index (χ1) is 35.0. The minimum Gasteiger partial charge on any atom is -0.457 e. The van der Waals surface area contributed by atoms with E-state index in [2.05, 4.69) is 270 Å². The van der Waals surface area contributed by atoms with Gasteiger partial charge in [0.2, 0.25) is 0 Å². The van der Waals surface area contributed by atoms with Crippen LogP contribution >= 0.6 is 0 Å². The molecule has 74 heavy (non-hydrogen) atoms. The van der Waals surface area contributed by atoms with Crippen molar-refractivity contribution in [3.8, 4) is 39.6 Å². The largest absolute Gasteiger partial charge is 0.457 e. The lowest BCUT2D eigenvalue weighted by molar-refractivity contribution is 0.479. The Labute approximate surface area is 441 Å². The molecule has 9 aromatic rings. The Morgan fingerprint density at radius 3 is 1.70 bits per heavy atom. The molecule has 2 aromatic heterocycles. The van der Waals surface area contributed by atoms with E-state index >= 15 is 0 Å². The summed E-state index contributed by atoms with van der Waals surface area (Å²) in [6, 6.07) is 56.6. The molecule has 0 saturated heterocycles. The Morgan fingerprint density at radius 1 is 0.446 bits per heavy atom. The van der Waals surface area contributed by atoms with E-state index < -0.39 is 0 Å². The molecule has 7 aromatic carbocycles. The van der Waals surface area contributed by atoms with Gasteiger partial charge in [0.15, 0.2) is 0 Å². The highest BCUT2D eigenvalue weighted by Crippen LogP contribution is 2.50. The van der Waals surface area contributed by atoms with Gasteiger partial charge < -0.3 is 14.5 Å². The van der Waals surface area contributed by atoms with Crippen LogP contribution in [-0.4, -0.2) is 16.2 Å². The van der Waals surface area contributed by atoms with Gasteiger partial charge in [-0.1, -0.05) is 177 Å². The lowest BCUT2D eigenvalue weighted by Gasteiger charge is -2.28. The standard InChI is InChI=1S/C69H76N4O/c1-43(2)48-33-59(44(3)4)66(60(34-48)45(5)6)47-25-28-62-64(35-47)72(53-32-49(46-21-17-16-18-22-46)31-51(36-53)68(10,11)12)42-71(62)54-37-52(69(13,14)15)38-56(40-54)74-55-26-27-58-57-23-19-20-24-61(57)73(63(58)41-55)65-39-50(29-30-70-65)67(7,8)9/h16-41,43-45H,42H2,1-15H3. The number of nitrogens with zero attached hydrogens (tertiary/aromatic N) is 4. The van der Waals surface area contributed by atoms with Crippen LogP contribution in [0.15, 0.2) is 158 Å². The van der Waals surface area contributed by atoms with E-state index in [1.54, 1.807) is 0 Å². The maximum atomic E-state index is 7.11. The van der Waals surface area contributed by atoms with Gasteiger partial charge in [0.05, 0.1) is 22.4 Å². The van der Waals surface area contributed by atoms with Crippen molar-refractivity contribution in [1.29, 1.82) is 0 Å². The third kappa shape index (κ3) is 9.63. The topological polar surface area (TPSA) is 33.5 Å². The predicted molar refractivity (Wildman–Crippen MR) is 316 cm³/mol. The summed E-state index contributed by atoms with van der Waals surface area (Å²) in [4.78, 5) is 10.0. The molecule has 1 aliphatic rings. The van der Waals surface area contributed by atoms with Gasteiger partial charge >= 0.3 is 0 Å². The lowest BCUT2D eigenvalue weighted by Crippen LogP contribution is -2.25. The Hall–Kier alpha value is -7.11. The Morgan fingerprint density at radius 2 is 1.05 bits per heavy atom. The first kappa shape index (κ1) is 50.4. The predicted octanol–water partition coefficient (Wildman–Crippen LogP) is 19.8. The van der Waals surface area contributed by atoms with E-state index in [0.29, 0.717) is 24.4 Å². The summed E-state index contributed by atoms with van der Waals surface area (Å²) in [5, 5.41) is 2.35. The van der Waals surface area contributed by atoms with Crippen LogP contribution < -0.4 is 14.5 Å². The molecule has 378 valence electrons. The number of ether oxygens (including phenoxy) is 1. The molecule has 0 N–H and O–H groups in total. The van der Waals surface area contributed by atoms with Crippen molar-refractivity contribution >= 4 is 44.6 Å². The number of rotatable bonds is 10. The number of aromatic nitrogens is 2. The average molecular weight is 977 g/mol. The smallest absolute Gasteiger partial charge is 0.137 e. The van der Waals surface area contributed by atoms with Gasteiger partial charge in [-0.2, -0.15) is 0 Å². The summed E-state index contributed by atoms with van der Waals surface area (Å²) in [5.74, 6) is 3.63. The fraction of sp³-hybridized carbons (Fsp3) is 0.319. The zero-order chi connectivity index (χ0) is 52.6. The van der Waals surface area contributed by atoms with E-state index in [9.17, 15) is 0 Å². The first-order valence-corrected chi connectivity index (χ1v) is 27.0. The van der Waals surface area contributed by atoms with Crippen LogP contribution in [0.5, 0.6) is 11.5 Å². The summed E-state index contributed by atoms with van der Waals surface area (Å²) >= 11 is 0. The molecule has 0 atom stereocenters. The van der Waals surface area contributed by atoms with Crippen LogP contribution in [0.1, 0.15) is 155 Å².